The van der Waals surface area contributed by atoms with E-state index in [4.69, 9.17) is 4.74 Å². The SMILES string of the molecule is CCN(CCO)C(CN1CCNCC1)c1ccccc1OC. The van der Waals surface area contributed by atoms with Gasteiger partial charge in [-0.3, -0.25) is 9.80 Å². The first-order chi connectivity index (χ1) is 10.8. The van der Waals surface area contributed by atoms with Crippen molar-refractivity contribution in [3.63, 3.8) is 0 Å². The number of ether oxygens (including phenoxy) is 1. The second-order valence-corrected chi connectivity index (χ2v) is 5.66. The molecule has 5 heteroatoms. The van der Waals surface area contributed by atoms with Gasteiger partial charge < -0.3 is 15.2 Å². The van der Waals surface area contributed by atoms with Crippen molar-refractivity contribution in [2.45, 2.75) is 13.0 Å². The number of aliphatic hydroxyl groups is 1. The molecule has 0 bridgehead atoms. The van der Waals surface area contributed by atoms with Crippen LogP contribution in [0.5, 0.6) is 5.75 Å². The van der Waals surface area contributed by atoms with E-state index in [-0.39, 0.29) is 12.6 Å². The quantitative estimate of drug-likeness (QED) is 0.749. The summed E-state index contributed by atoms with van der Waals surface area (Å²) < 4.78 is 5.57. The van der Waals surface area contributed by atoms with Crippen molar-refractivity contribution < 1.29 is 9.84 Å². The van der Waals surface area contributed by atoms with Gasteiger partial charge in [-0.05, 0) is 12.6 Å². The highest BCUT2D eigenvalue weighted by Crippen LogP contribution is 2.30. The Bertz CT molecular complexity index is 436. The van der Waals surface area contributed by atoms with E-state index in [1.54, 1.807) is 7.11 Å². The first kappa shape index (κ1) is 17.2. The normalized spacial score (nSPS) is 17.6. The van der Waals surface area contributed by atoms with Gasteiger partial charge in [0.2, 0.25) is 0 Å². The molecule has 0 radical (unpaired) electrons. The molecule has 0 aromatic heterocycles. The average molecular weight is 307 g/mol. The van der Waals surface area contributed by atoms with E-state index in [1.165, 1.54) is 5.56 Å². The minimum atomic E-state index is 0.182. The van der Waals surface area contributed by atoms with Gasteiger partial charge in [0.05, 0.1) is 19.8 Å². The van der Waals surface area contributed by atoms with Crippen LogP contribution in [0.15, 0.2) is 24.3 Å². The first-order valence-electron chi connectivity index (χ1n) is 8.21. The molecule has 2 rings (SSSR count). The third-order valence-electron chi connectivity index (χ3n) is 4.37. The van der Waals surface area contributed by atoms with Crippen LogP contribution >= 0.6 is 0 Å². The summed E-state index contributed by atoms with van der Waals surface area (Å²) in [5.74, 6) is 0.930. The van der Waals surface area contributed by atoms with Crippen LogP contribution in [-0.2, 0) is 0 Å². The molecule has 1 aliphatic heterocycles. The molecule has 0 amide bonds. The number of aliphatic hydroxyl groups excluding tert-OH is 1. The summed E-state index contributed by atoms with van der Waals surface area (Å²) in [6.45, 7) is 9.13. The Morgan fingerprint density at radius 1 is 1.32 bits per heavy atom. The second kappa shape index (κ2) is 9.10. The number of piperazine rings is 1. The molecule has 0 aliphatic carbocycles. The van der Waals surface area contributed by atoms with Crippen molar-refractivity contribution in [1.82, 2.24) is 15.1 Å². The summed E-state index contributed by atoms with van der Waals surface area (Å²) in [4.78, 5) is 4.83. The highest BCUT2D eigenvalue weighted by Gasteiger charge is 2.25. The van der Waals surface area contributed by atoms with Crippen LogP contribution < -0.4 is 10.1 Å². The predicted molar refractivity (Wildman–Crippen MR) is 89.4 cm³/mol. The number of nitrogens with zero attached hydrogens (tertiary/aromatic N) is 2. The molecule has 1 aromatic rings. The van der Waals surface area contributed by atoms with Crippen LogP contribution in [0.1, 0.15) is 18.5 Å². The van der Waals surface area contributed by atoms with Gasteiger partial charge in [-0.25, -0.2) is 0 Å². The molecular weight excluding hydrogens is 278 g/mol. The molecule has 1 aromatic carbocycles. The van der Waals surface area contributed by atoms with Crippen LogP contribution in [0.3, 0.4) is 0 Å². The summed E-state index contributed by atoms with van der Waals surface area (Å²) >= 11 is 0. The molecular formula is C17H29N3O2. The molecule has 124 valence electrons. The van der Waals surface area contributed by atoms with E-state index in [9.17, 15) is 5.11 Å². The monoisotopic (exact) mass is 307 g/mol. The Balaban J connectivity index is 2.22. The number of para-hydroxylation sites is 1. The number of rotatable bonds is 8. The summed E-state index contributed by atoms with van der Waals surface area (Å²) in [5, 5.41) is 12.8. The maximum absolute atomic E-state index is 9.40. The lowest BCUT2D eigenvalue weighted by atomic mass is 10.0. The minimum Gasteiger partial charge on any atom is -0.496 e. The zero-order valence-electron chi connectivity index (χ0n) is 13.8. The molecule has 1 atom stereocenters. The third-order valence-corrected chi connectivity index (χ3v) is 4.37. The zero-order chi connectivity index (χ0) is 15.8. The fourth-order valence-electron chi connectivity index (χ4n) is 3.15. The van der Waals surface area contributed by atoms with E-state index in [0.29, 0.717) is 6.54 Å². The van der Waals surface area contributed by atoms with Crippen molar-refractivity contribution in [2.24, 2.45) is 0 Å². The molecule has 5 nitrogen and oxygen atoms in total. The fourth-order valence-corrected chi connectivity index (χ4v) is 3.15. The number of hydrogen-bond donors (Lipinski definition) is 2. The molecule has 0 spiro atoms. The van der Waals surface area contributed by atoms with Crippen molar-refractivity contribution in [1.29, 1.82) is 0 Å². The molecule has 1 saturated heterocycles. The van der Waals surface area contributed by atoms with Gasteiger partial charge in [-0.2, -0.15) is 0 Å². The number of benzene rings is 1. The van der Waals surface area contributed by atoms with Gasteiger partial charge in [0, 0.05) is 44.8 Å². The van der Waals surface area contributed by atoms with Crippen LogP contribution in [0.4, 0.5) is 0 Å². The predicted octanol–water partition coefficient (Wildman–Crippen LogP) is 0.956. The number of nitrogens with one attached hydrogen (secondary N) is 1. The lowest BCUT2D eigenvalue weighted by Gasteiger charge is -2.37. The van der Waals surface area contributed by atoms with Gasteiger partial charge in [0.25, 0.3) is 0 Å². The molecule has 2 N–H and O–H groups in total. The average Bonchev–Trinajstić information content (AvgIpc) is 2.59. The summed E-state index contributed by atoms with van der Waals surface area (Å²) in [6.07, 6.45) is 0. The fraction of sp³-hybridized carbons (Fsp3) is 0.647. The molecule has 1 heterocycles. The lowest BCUT2D eigenvalue weighted by molar-refractivity contribution is 0.111. The van der Waals surface area contributed by atoms with Crippen LogP contribution in [0.2, 0.25) is 0 Å². The lowest BCUT2D eigenvalue weighted by Crippen LogP contribution is -2.47. The van der Waals surface area contributed by atoms with Crippen molar-refractivity contribution in [2.75, 3.05) is 59.5 Å². The van der Waals surface area contributed by atoms with Crippen LogP contribution in [0.25, 0.3) is 0 Å². The van der Waals surface area contributed by atoms with Gasteiger partial charge in [-0.15, -0.1) is 0 Å². The molecule has 22 heavy (non-hydrogen) atoms. The number of methoxy groups -OCH3 is 1. The Hall–Kier alpha value is -1.14. The van der Waals surface area contributed by atoms with E-state index >= 15 is 0 Å². The smallest absolute Gasteiger partial charge is 0.123 e. The van der Waals surface area contributed by atoms with Gasteiger partial charge >= 0.3 is 0 Å². The topological polar surface area (TPSA) is 48.0 Å². The van der Waals surface area contributed by atoms with Gasteiger partial charge in [-0.1, -0.05) is 25.1 Å². The Kier molecular flexibility index (Phi) is 7.12. The molecule has 1 fully saturated rings. The molecule has 1 unspecified atom stereocenters. The minimum absolute atomic E-state index is 0.182. The largest absolute Gasteiger partial charge is 0.496 e. The second-order valence-electron chi connectivity index (χ2n) is 5.66. The maximum atomic E-state index is 9.40. The van der Waals surface area contributed by atoms with E-state index in [2.05, 4.69) is 34.2 Å². The summed E-state index contributed by atoms with van der Waals surface area (Å²) in [7, 11) is 1.73. The molecule has 1 aliphatic rings. The van der Waals surface area contributed by atoms with Crippen LogP contribution in [-0.4, -0.2) is 74.4 Å². The van der Waals surface area contributed by atoms with Crippen LogP contribution in [0, 0.1) is 0 Å². The Labute approximate surface area is 133 Å². The van der Waals surface area contributed by atoms with Gasteiger partial charge in [0.15, 0.2) is 0 Å². The van der Waals surface area contributed by atoms with E-state index in [0.717, 1.165) is 45.0 Å². The number of hydrogen-bond acceptors (Lipinski definition) is 5. The van der Waals surface area contributed by atoms with Crippen molar-refractivity contribution >= 4 is 0 Å². The van der Waals surface area contributed by atoms with Gasteiger partial charge in [0.1, 0.15) is 5.75 Å². The number of likely N-dealkylation sites (N-methyl/N-ethyl adjacent to an activating group) is 1. The molecule has 0 saturated carbocycles. The highest BCUT2D eigenvalue weighted by atomic mass is 16.5. The maximum Gasteiger partial charge on any atom is 0.123 e. The standard InChI is InChI=1S/C17H29N3O2/c1-3-20(12-13-21)16(14-19-10-8-18-9-11-19)15-6-4-5-7-17(15)22-2/h4-7,16,18,21H,3,8-14H2,1-2H3. The first-order valence-corrected chi connectivity index (χ1v) is 8.21. The summed E-state index contributed by atoms with van der Waals surface area (Å²) in [5.41, 5.74) is 1.21. The summed E-state index contributed by atoms with van der Waals surface area (Å²) in [6, 6.07) is 8.48. The van der Waals surface area contributed by atoms with Crippen molar-refractivity contribution in [3.8, 4) is 5.75 Å². The Morgan fingerprint density at radius 2 is 2.05 bits per heavy atom. The van der Waals surface area contributed by atoms with Crippen molar-refractivity contribution in [3.05, 3.63) is 29.8 Å². The van der Waals surface area contributed by atoms with E-state index in [1.807, 2.05) is 12.1 Å². The Morgan fingerprint density at radius 3 is 2.68 bits per heavy atom. The van der Waals surface area contributed by atoms with E-state index < -0.39 is 0 Å². The zero-order valence-corrected chi connectivity index (χ0v) is 13.8. The highest BCUT2D eigenvalue weighted by molar-refractivity contribution is 5.36. The third kappa shape index (κ3) is 4.43.